The minimum atomic E-state index is 0.478. The van der Waals surface area contributed by atoms with E-state index in [4.69, 9.17) is 4.74 Å². The first-order valence-electron chi connectivity index (χ1n) is 7.87. The maximum absolute atomic E-state index is 5.47. The summed E-state index contributed by atoms with van der Waals surface area (Å²) in [6, 6.07) is 8.44. The molecule has 1 saturated heterocycles. The van der Waals surface area contributed by atoms with Crippen LogP contribution in [0, 0.1) is 0 Å². The maximum Gasteiger partial charge on any atom is 0.145 e. The molecular weight excluding hydrogens is 276 g/mol. The van der Waals surface area contributed by atoms with E-state index in [1.54, 1.807) is 12.4 Å². The van der Waals surface area contributed by atoms with E-state index in [-0.39, 0.29) is 0 Å². The Labute approximate surface area is 131 Å². The molecular formula is C17H22N4O. The van der Waals surface area contributed by atoms with Crippen LogP contribution in [0.15, 0.2) is 36.7 Å². The van der Waals surface area contributed by atoms with Gasteiger partial charge in [-0.1, -0.05) is 0 Å². The van der Waals surface area contributed by atoms with E-state index in [0.29, 0.717) is 12.6 Å². The third kappa shape index (κ3) is 3.74. The first-order valence-corrected chi connectivity index (χ1v) is 7.87. The van der Waals surface area contributed by atoms with Crippen molar-refractivity contribution in [2.45, 2.75) is 25.8 Å². The normalized spacial score (nSPS) is 15.5. The molecule has 0 radical (unpaired) electrons. The number of nitrogens with zero attached hydrogens (tertiary/aromatic N) is 2. The van der Waals surface area contributed by atoms with Crippen LogP contribution < -0.4 is 15.4 Å². The molecule has 0 aliphatic carbocycles. The molecule has 0 saturated carbocycles. The Kier molecular flexibility index (Phi) is 4.85. The highest BCUT2D eigenvalue weighted by molar-refractivity contribution is 5.60. The summed E-state index contributed by atoms with van der Waals surface area (Å²) >= 11 is 0. The summed E-state index contributed by atoms with van der Waals surface area (Å²) in [4.78, 5) is 8.99. The lowest BCUT2D eigenvalue weighted by atomic mass is 10.1. The Bertz CT molecular complexity index is 594. The molecule has 0 unspecified atom stereocenters. The van der Waals surface area contributed by atoms with Crippen molar-refractivity contribution in [2.75, 3.05) is 25.0 Å². The predicted molar refractivity (Wildman–Crippen MR) is 88.2 cm³/mol. The first-order chi connectivity index (χ1) is 10.8. The van der Waals surface area contributed by atoms with Crippen molar-refractivity contribution < 1.29 is 4.74 Å². The molecule has 2 aromatic rings. The van der Waals surface area contributed by atoms with E-state index in [2.05, 4.69) is 20.6 Å². The van der Waals surface area contributed by atoms with Gasteiger partial charge >= 0.3 is 0 Å². The van der Waals surface area contributed by atoms with Gasteiger partial charge in [0.2, 0.25) is 0 Å². The van der Waals surface area contributed by atoms with Gasteiger partial charge in [0, 0.05) is 11.6 Å². The average molecular weight is 298 g/mol. The standard InChI is InChI=1S/C17H22N4O/c1-2-22-15-5-3-13(4-6-15)16-11-19-12-17(21-16)20-14-7-9-18-10-8-14/h3-6,11-12,14,18H,2,7-10H2,1H3,(H,20,21). The number of anilines is 1. The Morgan fingerprint density at radius 1 is 1.18 bits per heavy atom. The second kappa shape index (κ2) is 7.22. The lowest BCUT2D eigenvalue weighted by molar-refractivity contribution is 0.340. The Morgan fingerprint density at radius 2 is 1.95 bits per heavy atom. The Hall–Kier alpha value is -2.14. The van der Waals surface area contributed by atoms with E-state index >= 15 is 0 Å². The van der Waals surface area contributed by atoms with Crippen LogP contribution in [0.5, 0.6) is 5.75 Å². The summed E-state index contributed by atoms with van der Waals surface area (Å²) in [7, 11) is 0. The van der Waals surface area contributed by atoms with Crippen LogP contribution in [0.2, 0.25) is 0 Å². The van der Waals surface area contributed by atoms with Gasteiger partial charge in [0.15, 0.2) is 0 Å². The number of hydrogen-bond acceptors (Lipinski definition) is 5. The number of benzene rings is 1. The molecule has 1 aromatic heterocycles. The van der Waals surface area contributed by atoms with Gasteiger partial charge in [-0.05, 0) is 57.1 Å². The van der Waals surface area contributed by atoms with Gasteiger partial charge in [0.05, 0.1) is 24.7 Å². The summed E-state index contributed by atoms with van der Waals surface area (Å²) in [5.41, 5.74) is 1.92. The molecule has 5 heteroatoms. The molecule has 2 N–H and O–H groups in total. The fourth-order valence-electron chi connectivity index (χ4n) is 2.64. The van der Waals surface area contributed by atoms with Gasteiger partial charge in [-0.3, -0.25) is 4.98 Å². The highest BCUT2D eigenvalue weighted by Gasteiger charge is 2.13. The number of aromatic nitrogens is 2. The SMILES string of the molecule is CCOc1ccc(-c2cncc(NC3CCNCC3)n2)cc1. The zero-order valence-corrected chi connectivity index (χ0v) is 12.9. The highest BCUT2D eigenvalue weighted by atomic mass is 16.5. The molecule has 3 rings (SSSR count). The number of nitrogens with one attached hydrogen (secondary N) is 2. The number of hydrogen-bond donors (Lipinski definition) is 2. The largest absolute Gasteiger partial charge is 0.494 e. The van der Waals surface area contributed by atoms with Crippen LogP contribution in [-0.2, 0) is 0 Å². The average Bonchev–Trinajstić information content (AvgIpc) is 2.57. The fourth-order valence-corrected chi connectivity index (χ4v) is 2.64. The minimum Gasteiger partial charge on any atom is -0.494 e. The molecule has 0 atom stereocenters. The molecule has 22 heavy (non-hydrogen) atoms. The molecule has 0 amide bonds. The minimum absolute atomic E-state index is 0.478. The molecule has 2 heterocycles. The zero-order chi connectivity index (χ0) is 15.2. The number of rotatable bonds is 5. The van der Waals surface area contributed by atoms with Gasteiger partial charge in [0.1, 0.15) is 11.6 Å². The molecule has 5 nitrogen and oxygen atoms in total. The first kappa shape index (κ1) is 14.8. The van der Waals surface area contributed by atoms with Crippen molar-refractivity contribution in [3.8, 4) is 17.0 Å². The van der Waals surface area contributed by atoms with Crippen molar-refractivity contribution in [1.29, 1.82) is 0 Å². The van der Waals surface area contributed by atoms with Gasteiger partial charge < -0.3 is 15.4 Å². The van der Waals surface area contributed by atoms with Gasteiger partial charge in [-0.2, -0.15) is 0 Å². The van der Waals surface area contributed by atoms with Crippen LogP contribution in [0.4, 0.5) is 5.82 Å². The third-order valence-corrected chi connectivity index (χ3v) is 3.79. The topological polar surface area (TPSA) is 59.1 Å². The fraction of sp³-hybridized carbons (Fsp3) is 0.412. The van der Waals surface area contributed by atoms with Crippen LogP contribution in [0.3, 0.4) is 0 Å². The van der Waals surface area contributed by atoms with Crippen LogP contribution in [0.1, 0.15) is 19.8 Å². The molecule has 1 aromatic carbocycles. The molecule has 1 fully saturated rings. The van der Waals surface area contributed by atoms with E-state index in [1.165, 1.54) is 0 Å². The van der Waals surface area contributed by atoms with Crippen LogP contribution >= 0.6 is 0 Å². The van der Waals surface area contributed by atoms with Crippen molar-refractivity contribution in [1.82, 2.24) is 15.3 Å². The molecule has 0 bridgehead atoms. The summed E-state index contributed by atoms with van der Waals surface area (Å²) in [5, 5.41) is 6.85. The number of piperidine rings is 1. The van der Waals surface area contributed by atoms with Crippen LogP contribution in [-0.4, -0.2) is 35.7 Å². The Morgan fingerprint density at radius 3 is 2.68 bits per heavy atom. The van der Waals surface area contributed by atoms with Crippen molar-refractivity contribution in [2.24, 2.45) is 0 Å². The van der Waals surface area contributed by atoms with Crippen molar-refractivity contribution >= 4 is 5.82 Å². The van der Waals surface area contributed by atoms with E-state index < -0.39 is 0 Å². The lowest BCUT2D eigenvalue weighted by Gasteiger charge is -2.24. The monoisotopic (exact) mass is 298 g/mol. The lowest BCUT2D eigenvalue weighted by Crippen LogP contribution is -2.35. The van der Waals surface area contributed by atoms with E-state index in [1.807, 2.05) is 31.2 Å². The quantitative estimate of drug-likeness (QED) is 0.889. The second-order valence-corrected chi connectivity index (χ2v) is 5.42. The maximum atomic E-state index is 5.47. The zero-order valence-electron chi connectivity index (χ0n) is 12.9. The molecule has 1 aliphatic heterocycles. The molecule has 116 valence electrons. The summed E-state index contributed by atoms with van der Waals surface area (Å²) < 4.78 is 5.47. The Balaban J connectivity index is 1.72. The van der Waals surface area contributed by atoms with Crippen LogP contribution in [0.25, 0.3) is 11.3 Å². The van der Waals surface area contributed by atoms with Crippen molar-refractivity contribution in [3.05, 3.63) is 36.7 Å². The van der Waals surface area contributed by atoms with Gasteiger partial charge in [-0.15, -0.1) is 0 Å². The van der Waals surface area contributed by atoms with Gasteiger partial charge in [0.25, 0.3) is 0 Å². The molecule has 0 spiro atoms. The summed E-state index contributed by atoms with van der Waals surface area (Å²) in [5.74, 6) is 1.72. The predicted octanol–water partition coefficient (Wildman–Crippen LogP) is 2.71. The van der Waals surface area contributed by atoms with E-state index in [0.717, 1.165) is 48.8 Å². The van der Waals surface area contributed by atoms with E-state index in [9.17, 15) is 0 Å². The highest BCUT2D eigenvalue weighted by Crippen LogP contribution is 2.21. The smallest absolute Gasteiger partial charge is 0.145 e. The third-order valence-electron chi connectivity index (χ3n) is 3.79. The number of ether oxygens (including phenoxy) is 1. The van der Waals surface area contributed by atoms with Gasteiger partial charge in [-0.25, -0.2) is 4.98 Å². The second-order valence-electron chi connectivity index (χ2n) is 5.42. The summed E-state index contributed by atoms with van der Waals surface area (Å²) in [6.45, 7) is 4.78. The molecule has 1 aliphatic rings. The summed E-state index contributed by atoms with van der Waals surface area (Å²) in [6.07, 6.45) is 5.83. The van der Waals surface area contributed by atoms with Crippen molar-refractivity contribution in [3.63, 3.8) is 0 Å².